The number of nitrogens with zero attached hydrogens (tertiary/aromatic N) is 1. The van der Waals surface area contributed by atoms with E-state index in [0.29, 0.717) is 12.3 Å². The molecule has 1 amide bonds. The minimum Gasteiger partial charge on any atom is -0.444 e. The van der Waals surface area contributed by atoms with Crippen LogP contribution in [0.2, 0.25) is 0 Å². The summed E-state index contributed by atoms with van der Waals surface area (Å²) in [4.78, 5) is 15.2. The number of amides is 1. The largest absolute Gasteiger partial charge is 0.444 e. The highest BCUT2D eigenvalue weighted by atomic mass is 32.2. The van der Waals surface area contributed by atoms with E-state index in [0.717, 1.165) is 31.2 Å². The van der Waals surface area contributed by atoms with Gasteiger partial charge >= 0.3 is 6.09 Å². The lowest BCUT2D eigenvalue weighted by atomic mass is 9.80. The molecule has 1 aliphatic carbocycles. The van der Waals surface area contributed by atoms with E-state index >= 15 is 0 Å². The summed E-state index contributed by atoms with van der Waals surface area (Å²) in [6.45, 7) is 14.7. The maximum Gasteiger partial charge on any atom is 0.412 e. The van der Waals surface area contributed by atoms with Crippen molar-refractivity contribution in [3.63, 3.8) is 0 Å². The summed E-state index contributed by atoms with van der Waals surface area (Å²) in [5, 5.41) is 11.8. The molecule has 222 valence electrons. The molecule has 0 radical (unpaired) electrons. The standard InChI is InChI=1S/C30H49NO7S/c1-20(2)24(19-36-39(34,35)23-16-14-21(3)15-17-23)26(32)27-25(18-22-12-10-9-11-13-22)31(30(7,8)37-27)28(33)38-29(4,5)6/h14-17,20,22,24-27,32H,9-13,18-19H2,1-8H3/t24-,25+,26+,27-/m1/s1. The molecule has 1 saturated heterocycles. The van der Waals surface area contributed by atoms with Crippen LogP contribution in [-0.4, -0.2) is 60.7 Å². The molecule has 9 heteroatoms. The Kier molecular flexibility index (Phi) is 10.2. The Hall–Kier alpha value is -1.68. The second-order valence-corrected chi connectivity index (χ2v) is 14.8. The van der Waals surface area contributed by atoms with Gasteiger partial charge in [0.05, 0.1) is 23.6 Å². The van der Waals surface area contributed by atoms with Crippen molar-refractivity contribution in [3.8, 4) is 0 Å². The van der Waals surface area contributed by atoms with Crippen molar-refractivity contribution in [2.45, 2.75) is 128 Å². The Morgan fingerprint density at radius 3 is 2.26 bits per heavy atom. The first kappa shape index (κ1) is 31.8. The van der Waals surface area contributed by atoms with E-state index in [4.69, 9.17) is 13.7 Å². The third-order valence-electron chi connectivity index (χ3n) is 7.96. The maximum atomic E-state index is 13.5. The van der Waals surface area contributed by atoms with Crippen LogP contribution >= 0.6 is 0 Å². The molecule has 1 heterocycles. The van der Waals surface area contributed by atoms with Crippen LogP contribution in [0.4, 0.5) is 4.79 Å². The number of ether oxygens (including phenoxy) is 2. The molecule has 2 aliphatic rings. The number of carbonyl (C=O) groups excluding carboxylic acids is 1. The number of carbonyl (C=O) groups is 1. The normalized spacial score (nSPS) is 24.1. The van der Waals surface area contributed by atoms with Crippen molar-refractivity contribution in [2.24, 2.45) is 17.8 Å². The molecule has 8 nitrogen and oxygen atoms in total. The van der Waals surface area contributed by atoms with Crippen LogP contribution in [0.3, 0.4) is 0 Å². The fourth-order valence-electron chi connectivity index (χ4n) is 5.85. The summed E-state index contributed by atoms with van der Waals surface area (Å²) in [7, 11) is -4.00. The average Bonchev–Trinajstić information content (AvgIpc) is 3.08. The smallest absolute Gasteiger partial charge is 0.412 e. The highest BCUT2D eigenvalue weighted by Gasteiger charge is 2.55. The molecule has 1 N–H and O–H groups in total. The first-order valence-electron chi connectivity index (χ1n) is 14.4. The van der Waals surface area contributed by atoms with E-state index in [-0.39, 0.29) is 17.4 Å². The van der Waals surface area contributed by atoms with Crippen LogP contribution in [0.1, 0.15) is 92.6 Å². The Labute approximate surface area is 235 Å². The van der Waals surface area contributed by atoms with E-state index in [1.807, 2.05) is 55.4 Å². The van der Waals surface area contributed by atoms with Crippen molar-refractivity contribution in [2.75, 3.05) is 6.61 Å². The molecular weight excluding hydrogens is 518 g/mol. The molecule has 3 rings (SSSR count). The Morgan fingerprint density at radius 1 is 1.13 bits per heavy atom. The van der Waals surface area contributed by atoms with Crippen LogP contribution in [0.5, 0.6) is 0 Å². The molecule has 1 saturated carbocycles. The van der Waals surface area contributed by atoms with Gasteiger partial charge in [0.1, 0.15) is 17.4 Å². The van der Waals surface area contributed by atoms with Crippen LogP contribution in [0.25, 0.3) is 0 Å². The summed E-state index contributed by atoms with van der Waals surface area (Å²) < 4.78 is 43.5. The number of aliphatic hydroxyl groups excluding tert-OH is 1. The van der Waals surface area contributed by atoms with Gasteiger partial charge in [-0.3, -0.25) is 9.08 Å². The van der Waals surface area contributed by atoms with Gasteiger partial charge < -0.3 is 14.6 Å². The number of hydrogen-bond acceptors (Lipinski definition) is 7. The lowest BCUT2D eigenvalue weighted by molar-refractivity contribution is -0.120. The predicted molar refractivity (Wildman–Crippen MR) is 151 cm³/mol. The van der Waals surface area contributed by atoms with Crippen LogP contribution in [0.15, 0.2) is 29.2 Å². The molecule has 0 unspecified atom stereocenters. The fraction of sp³-hybridized carbons (Fsp3) is 0.767. The summed E-state index contributed by atoms with van der Waals surface area (Å²) in [5.74, 6) is -0.235. The van der Waals surface area contributed by atoms with Gasteiger partial charge in [0.2, 0.25) is 0 Å². The topological polar surface area (TPSA) is 102 Å². The lowest BCUT2D eigenvalue weighted by Gasteiger charge is -2.37. The van der Waals surface area contributed by atoms with Crippen molar-refractivity contribution >= 4 is 16.2 Å². The van der Waals surface area contributed by atoms with Crippen molar-refractivity contribution in [1.82, 2.24) is 4.90 Å². The van der Waals surface area contributed by atoms with Gasteiger partial charge in [-0.2, -0.15) is 8.42 Å². The van der Waals surface area contributed by atoms with E-state index in [9.17, 15) is 18.3 Å². The second kappa shape index (κ2) is 12.5. The van der Waals surface area contributed by atoms with Gasteiger partial charge in [0.15, 0.2) is 0 Å². The Bertz CT molecular complexity index is 1060. The van der Waals surface area contributed by atoms with Crippen molar-refractivity contribution in [1.29, 1.82) is 0 Å². The zero-order chi connectivity index (χ0) is 29.2. The molecule has 0 bridgehead atoms. The molecular formula is C30H49NO7S. The maximum absolute atomic E-state index is 13.5. The van der Waals surface area contributed by atoms with Gasteiger partial charge in [-0.25, -0.2) is 4.79 Å². The molecule has 0 spiro atoms. The molecule has 1 aliphatic heterocycles. The summed E-state index contributed by atoms with van der Waals surface area (Å²) >= 11 is 0. The number of aryl methyl sites for hydroxylation is 1. The zero-order valence-corrected chi connectivity index (χ0v) is 25.8. The monoisotopic (exact) mass is 567 g/mol. The van der Waals surface area contributed by atoms with Gasteiger partial charge in [0, 0.05) is 5.92 Å². The third-order valence-corrected chi connectivity index (χ3v) is 9.26. The highest BCUT2D eigenvalue weighted by Crippen LogP contribution is 2.42. The zero-order valence-electron chi connectivity index (χ0n) is 25.0. The molecule has 2 fully saturated rings. The molecule has 1 aromatic rings. The first-order chi connectivity index (χ1) is 18.0. The first-order valence-corrected chi connectivity index (χ1v) is 15.8. The van der Waals surface area contributed by atoms with Crippen LogP contribution < -0.4 is 0 Å². The molecule has 1 aromatic carbocycles. The van der Waals surface area contributed by atoms with Crippen LogP contribution in [-0.2, 0) is 23.8 Å². The van der Waals surface area contributed by atoms with Crippen molar-refractivity contribution < 1.29 is 32.0 Å². The lowest BCUT2D eigenvalue weighted by Crippen LogP contribution is -2.52. The van der Waals surface area contributed by atoms with Gasteiger partial charge in [-0.05, 0) is 71.9 Å². The minimum absolute atomic E-state index is 0.0784. The van der Waals surface area contributed by atoms with Crippen LogP contribution in [0, 0.1) is 24.7 Å². The van der Waals surface area contributed by atoms with E-state index in [2.05, 4.69) is 0 Å². The number of benzene rings is 1. The van der Waals surface area contributed by atoms with Gasteiger partial charge in [0.25, 0.3) is 10.1 Å². The Morgan fingerprint density at radius 2 is 1.72 bits per heavy atom. The van der Waals surface area contributed by atoms with E-state index in [1.165, 1.54) is 18.6 Å². The number of hydrogen-bond donors (Lipinski definition) is 1. The summed E-state index contributed by atoms with van der Waals surface area (Å²) in [6.07, 6.45) is 4.13. The SMILES string of the molecule is Cc1ccc(S(=O)(=O)OC[C@H](C(C)C)[C@H](O)[C@@H]2OC(C)(C)N(C(=O)OC(C)(C)C)[C@H]2CC2CCCCC2)cc1. The molecule has 4 atom stereocenters. The predicted octanol–water partition coefficient (Wildman–Crippen LogP) is 6.04. The van der Waals surface area contributed by atoms with E-state index < -0.39 is 51.7 Å². The second-order valence-electron chi connectivity index (χ2n) is 13.1. The molecule has 39 heavy (non-hydrogen) atoms. The van der Waals surface area contributed by atoms with Gasteiger partial charge in [-0.1, -0.05) is 63.6 Å². The Balaban J connectivity index is 1.87. The number of aliphatic hydroxyl groups is 1. The highest BCUT2D eigenvalue weighted by molar-refractivity contribution is 7.86. The summed E-state index contributed by atoms with van der Waals surface area (Å²) in [5.41, 5.74) is -0.745. The summed E-state index contributed by atoms with van der Waals surface area (Å²) in [6, 6.07) is 6.07. The number of rotatable bonds is 9. The minimum atomic E-state index is -4.00. The average molecular weight is 568 g/mol. The fourth-order valence-corrected chi connectivity index (χ4v) is 6.79. The van der Waals surface area contributed by atoms with Gasteiger partial charge in [-0.15, -0.1) is 0 Å². The van der Waals surface area contributed by atoms with Crippen molar-refractivity contribution in [3.05, 3.63) is 29.8 Å². The third kappa shape index (κ3) is 8.18. The quantitative estimate of drug-likeness (QED) is 0.363. The molecule has 0 aromatic heterocycles. The van der Waals surface area contributed by atoms with E-state index in [1.54, 1.807) is 17.0 Å².